The third-order valence-corrected chi connectivity index (χ3v) is 5.83. The van der Waals surface area contributed by atoms with Gasteiger partial charge in [0, 0.05) is 0 Å². The summed E-state index contributed by atoms with van der Waals surface area (Å²) in [4.78, 5) is 0. The van der Waals surface area contributed by atoms with E-state index in [0.717, 1.165) is 37.8 Å². The van der Waals surface area contributed by atoms with Crippen molar-refractivity contribution in [3.05, 3.63) is 59.2 Å². The molecule has 0 heterocycles. The first-order valence-corrected chi connectivity index (χ1v) is 9.96. The van der Waals surface area contributed by atoms with Crippen molar-refractivity contribution in [2.24, 2.45) is 5.92 Å². The number of alkyl halides is 3. The largest absolute Gasteiger partial charge is 0.416 e. The summed E-state index contributed by atoms with van der Waals surface area (Å²) in [5, 5.41) is 0. The number of benzene rings is 2. The minimum absolute atomic E-state index is 0.0975. The van der Waals surface area contributed by atoms with E-state index in [1.54, 1.807) is 0 Å². The number of rotatable bonds is 5. The van der Waals surface area contributed by atoms with Gasteiger partial charge in [-0.15, -0.1) is 0 Å². The molecule has 0 aliphatic heterocycles. The average Bonchev–Trinajstić information content (AvgIpc) is 2.66. The summed E-state index contributed by atoms with van der Waals surface area (Å²) in [5.74, 6) is -0.808. The Hall–Kier alpha value is -1.91. The van der Waals surface area contributed by atoms with Crippen LogP contribution in [0.2, 0.25) is 0 Å². The Kier molecular flexibility index (Phi) is 6.41. The molecule has 0 nitrogen and oxygen atoms in total. The molecule has 0 spiro atoms. The maximum atomic E-state index is 14.7. The van der Waals surface area contributed by atoms with Gasteiger partial charge in [0.2, 0.25) is 0 Å². The Bertz CT molecular complexity index is 778. The van der Waals surface area contributed by atoms with E-state index in [1.165, 1.54) is 43.5 Å². The van der Waals surface area contributed by atoms with Crippen molar-refractivity contribution in [2.75, 3.05) is 0 Å². The van der Waals surface area contributed by atoms with Gasteiger partial charge in [-0.1, -0.05) is 38.3 Å². The first-order valence-electron chi connectivity index (χ1n) is 9.96. The van der Waals surface area contributed by atoms with Gasteiger partial charge in [0.1, 0.15) is 11.6 Å². The normalized spacial score (nSPS) is 20.4. The molecule has 1 fully saturated rings. The predicted octanol–water partition coefficient (Wildman–Crippen LogP) is 8.11. The molecule has 0 aromatic heterocycles. The molecule has 1 saturated carbocycles. The monoisotopic (exact) mass is 396 g/mol. The first kappa shape index (κ1) is 20.8. The summed E-state index contributed by atoms with van der Waals surface area (Å²) >= 11 is 0. The van der Waals surface area contributed by atoms with Gasteiger partial charge in [0.15, 0.2) is 0 Å². The summed E-state index contributed by atoms with van der Waals surface area (Å²) in [5.41, 5.74) is -0.802. The van der Waals surface area contributed by atoms with Gasteiger partial charge in [-0.05, 0) is 72.9 Å². The third-order valence-electron chi connectivity index (χ3n) is 5.83. The Balaban J connectivity index is 1.81. The van der Waals surface area contributed by atoms with Crippen molar-refractivity contribution in [3.8, 4) is 11.1 Å². The van der Waals surface area contributed by atoms with Gasteiger partial charge >= 0.3 is 6.18 Å². The van der Waals surface area contributed by atoms with Crippen molar-refractivity contribution < 1.29 is 22.0 Å². The zero-order chi connectivity index (χ0) is 20.3. The number of unbranched alkanes of at least 4 members (excludes halogenated alkanes) is 1. The second-order valence-electron chi connectivity index (χ2n) is 7.80. The highest BCUT2D eigenvalue weighted by Gasteiger charge is 2.31. The highest BCUT2D eigenvalue weighted by atomic mass is 19.4. The molecule has 0 saturated heterocycles. The van der Waals surface area contributed by atoms with E-state index in [0.29, 0.717) is 11.5 Å². The lowest BCUT2D eigenvalue weighted by atomic mass is 9.77. The molecule has 3 rings (SSSR count). The van der Waals surface area contributed by atoms with Crippen LogP contribution in [0, 0.1) is 17.6 Å². The Morgan fingerprint density at radius 3 is 2.14 bits per heavy atom. The van der Waals surface area contributed by atoms with Gasteiger partial charge in [-0.3, -0.25) is 0 Å². The highest BCUT2D eigenvalue weighted by molar-refractivity contribution is 5.66. The third kappa shape index (κ3) is 4.73. The molecule has 1 aliphatic carbocycles. The highest BCUT2D eigenvalue weighted by Crippen LogP contribution is 2.40. The van der Waals surface area contributed by atoms with Crippen LogP contribution in [0.25, 0.3) is 11.1 Å². The molecule has 0 amide bonds. The number of hydrogen-bond acceptors (Lipinski definition) is 0. The average molecular weight is 396 g/mol. The first-order chi connectivity index (χ1) is 13.3. The van der Waals surface area contributed by atoms with Crippen LogP contribution in [-0.2, 0) is 6.18 Å². The summed E-state index contributed by atoms with van der Waals surface area (Å²) in [6.45, 7) is 2.17. The van der Waals surface area contributed by atoms with E-state index in [4.69, 9.17) is 0 Å². The van der Waals surface area contributed by atoms with E-state index in [-0.39, 0.29) is 11.5 Å². The summed E-state index contributed by atoms with van der Waals surface area (Å²) in [7, 11) is 0. The molecular formula is C23H25F5. The van der Waals surface area contributed by atoms with Crippen LogP contribution in [0.15, 0.2) is 36.4 Å². The molecule has 5 heteroatoms. The van der Waals surface area contributed by atoms with E-state index in [2.05, 4.69) is 6.92 Å². The fourth-order valence-corrected chi connectivity index (χ4v) is 4.23. The molecule has 152 valence electrons. The van der Waals surface area contributed by atoms with E-state index >= 15 is 0 Å². The van der Waals surface area contributed by atoms with Gasteiger partial charge in [-0.2, -0.15) is 13.2 Å². The lowest BCUT2D eigenvalue weighted by Crippen LogP contribution is -2.14. The maximum absolute atomic E-state index is 14.7. The molecular weight excluding hydrogens is 371 g/mol. The van der Waals surface area contributed by atoms with E-state index in [9.17, 15) is 22.0 Å². The molecule has 0 atom stereocenters. The lowest BCUT2D eigenvalue weighted by molar-refractivity contribution is -0.137. The Morgan fingerprint density at radius 1 is 0.929 bits per heavy atom. The van der Waals surface area contributed by atoms with Gasteiger partial charge in [-0.25, -0.2) is 8.78 Å². The molecule has 2 aromatic carbocycles. The molecule has 28 heavy (non-hydrogen) atoms. The van der Waals surface area contributed by atoms with Gasteiger partial charge in [0.25, 0.3) is 0 Å². The van der Waals surface area contributed by atoms with Crippen LogP contribution >= 0.6 is 0 Å². The van der Waals surface area contributed by atoms with Crippen LogP contribution in [-0.4, -0.2) is 0 Å². The minimum Gasteiger partial charge on any atom is -0.206 e. The van der Waals surface area contributed by atoms with Crippen LogP contribution < -0.4 is 0 Å². The number of halogens is 5. The number of hydrogen-bond donors (Lipinski definition) is 0. The van der Waals surface area contributed by atoms with Crippen molar-refractivity contribution >= 4 is 0 Å². The SMILES string of the molecule is CCCCC1CCC(c2cc(F)c(-c3cccc(C(F)(F)F)c3)c(F)c2)CC1. The zero-order valence-electron chi connectivity index (χ0n) is 16.0. The molecule has 0 unspecified atom stereocenters. The molecule has 0 N–H and O–H groups in total. The topological polar surface area (TPSA) is 0 Å². The second-order valence-corrected chi connectivity index (χ2v) is 7.80. The smallest absolute Gasteiger partial charge is 0.206 e. The fourth-order valence-electron chi connectivity index (χ4n) is 4.23. The van der Waals surface area contributed by atoms with Gasteiger partial charge in [0.05, 0.1) is 11.1 Å². The zero-order valence-corrected chi connectivity index (χ0v) is 16.0. The molecule has 2 aromatic rings. The van der Waals surface area contributed by atoms with Crippen LogP contribution in [0.1, 0.15) is 68.9 Å². The van der Waals surface area contributed by atoms with Crippen LogP contribution in [0.3, 0.4) is 0 Å². The molecule has 0 radical (unpaired) electrons. The lowest BCUT2D eigenvalue weighted by Gasteiger charge is -2.29. The predicted molar refractivity (Wildman–Crippen MR) is 101 cm³/mol. The maximum Gasteiger partial charge on any atom is 0.416 e. The molecule has 0 bridgehead atoms. The molecule has 1 aliphatic rings. The van der Waals surface area contributed by atoms with Crippen molar-refractivity contribution in [3.63, 3.8) is 0 Å². The quantitative estimate of drug-likeness (QED) is 0.448. The van der Waals surface area contributed by atoms with E-state index < -0.39 is 28.9 Å². The van der Waals surface area contributed by atoms with Crippen molar-refractivity contribution in [1.29, 1.82) is 0 Å². The Labute approximate surface area is 162 Å². The van der Waals surface area contributed by atoms with Gasteiger partial charge < -0.3 is 0 Å². The fraction of sp³-hybridized carbons (Fsp3) is 0.478. The standard InChI is InChI=1S/C23H25F5/c1-2-3-5-15-8-10-16(11-9-15)18-13-20(24)22(21(25)14-18)17-6-4-7-19(12-17)23(26,27)28/h4,6-7,12-16H,2-3,5,8-11H2,1H3. The van der Waals surface area contributed by atoms with E-state index in [1.807, 2.05) is 0 Å². The van der Waals surface area contributed by atoms with Crippen molar-refractivity contribution in [2.45, 2.75) is 64.0 Å². The van der Waals surface area contributed by atoms with Crippen molar-refractivity contribution in [1.82, 2.24) is 0 Å². The second kappa shape index (κ2) is 8.62. The van der Waals surface area contributed by atoms with Crippen LogP contribution in [0.5, 0.6) is 0 Å². The van der Waals surface area contributed by atoms with Crippen LogP contribution in [0.4, 0.5) is 22.0 Å². The summed E-state index contributed by atoms with van der Waals surface area (Å²) in [6.07, 6.45) is 2.95. The summed E-state index contributed by atoms with van der Waals surface area (Å²) < 4.78 is 68.1. The summed E-state index contributed by atoms with van der Waals surface area (Å²) in [6, 6.07) is 6.76. The minimum atomic E-state index is -4.56. The Morgan fingerprint density at radius 2 is 1.57 bits per heavy atom.